The molecule has 18 heavy (non-hydrogen) atoms. The van der Waals surface area contributed by atoms with Crippen molar-refractivity contribution in [3.8, 4) is 0 Å². The lowest BCUT2D eigenvalue weighted by Crippen LogP contribution is -2.41. The van der Waals surface area contributed by atoms with Crippen molar-refractivity contribution >= 4 is 17.4 Å². The Morgan fingerprint density at radius 2 is 1.61 bits per heavy atom. The molecule has 0 aromatic rings. The van der Waals surface area contributed by atoms with Gasteiger partial charge in [0.25, 0.3) is 5.91 Å². The first-order valence-corrected chi connectivity index (χ1v) is 4.95. The molecule has 0 heterocycles. The number of azide groups is 2. The average molecular weight is 252 g/mol. The number of rotatable bonds is 8. The minimum atomic E-state index is -0.774. The number of carbonyl (C=O) groups is 2. The zero-order valence-electron chi connectivity index (χ0n) is 9.78. The smallest absolute Gasteiger partial charge is 0.275 e. The zero-order chi connectivity index (χ0) is 14.0. The molecule has 0 aromatic carbocycles. The van der Waals surface area contributed by atoms with Gasteiger partial charge in [-0.1, -0.05) is 10.2 Å². The maximum Gasteiger partial charge on any atom is 0.275 e. The molecule has 1 N–H and O–H groups in total. The molecule has 0 aromatic heterocycles. The lowest BCUT2D eigenvalue weighted by molar-refractivity contribution is -0.125. The van der Waals surface area contributed by atoms with Gasteiger partial charge in [-0.25, -0.2) is 0 Å². The van der Waals surface area contributed by atoms with Crippen molar-refractivity contribution in [1.82, 2.24) is 4.90 Å². The molecule has 1 amide bonds. The Balaban J connectivity index is 4.66. The summed E-state index contributed by atoms with van der Waals surface area (Å²) in [5, 5.41) is 13.8. The SMILES string of the molecule is CC(=O)C(=N)C(=O)N(CCN=[N+]=[N-])CCN=[N+]=[N-]. The van der Waals surface area contributed by atoms with E-state index in [4.69, 9.17) is 16.5 Å². The Kier molecular flexibility index (Phi) is 7.34. The second kappa shape index (κ2) is 8.57. The van der Waals surface area contributed by atoms with E-state index in [0.717, 1.165) is 11.8 Å². The van der Waals surface area contributed by atoms with Crippen LogP contribution < -0.4 is 0 Å². The number of hydrogen-bond donors (Lipinski definition) is 1. The van der Waals surface area contributed by atoms with Crippen molar-refractivity contribution < 1.29 is 9.59 Å². The fourth-order valence-electron chi connectivity index (χ4n) is 1.04. The molecule has 10 nitrogen and oxygen atoms in total. The maximum absolute atomic E-state index is 11.7. The summed E-state index contributed by atoms with van der Waals surface area (Å²) in [4.78, 5) is 28.8. The van der Waals surface area contributed by atoms with Gasteiger partial charge in [0, 0.05) is 42.9 Å². The van der Waals surface area contributed by atoms with Crippen molar-refractivity contribution in [1.29, 1.82) is 5.41 Å². The van der Waals surface area contributed by atoms with E-state index in [1.54, 1.807) is 0 Å². The molecular formula is C8H12N8O2. The van der Waals surface area contributed by atoms with Crippen LogP contribution in [0, 0.1) is 5.41 Å². The van der Waals surface area contributed by atoms with Gasteiger partial charge in [-0.3, -0.25) is 15.0 Å². The van der Waals surface area contributed by atoms with Crippen molar-refractivity contribution in [3.05, 3.63) is 20.9 Å². The number of nitrogens with one attached hydrogen (secondary N) is 1. The lowest BCUT2D eigenvalue weighted by atomic mass is 10.2. The van der Waals surface area contributed by atoms with Crippen LogP contribution in [0.25, 0.3) is 20.9 Å². The molecule has 96 valence electrons. The highest BCUT2D eigenvalue weighted by Crippen LogP contribution is 1.95. The molecule has 0 fully saturated rings. The topological polar surface area (TPSA) is 159 Å². The van der Waals surface area contributed by atoms with E-state index >= 15 is 0 Å². The highest BCUT2D eigenvalue weighted by Gasteiger charge is 2.20. The van der Waals surface area contributed by atoms with Crippen LogP contribution in [0.1, 0.15) is 6.92 Å². The minimum absolute atomic E-state index is 0.0176. The first-order valence-electron chi connectivity index (χ1n) is 4.95. The van der Waals surface area contributed by atoms with Gasteiger partial charge in [0.1, 0.15) is 0 Å². The van der Waals surface area contributed by atoms with Crippen LogP contribution in [0.3, 0.4) is 0 Å². The monoisotopic (exact) mass is 252 g/mol. The molecule has 0 radical (unpaired) electrons. The van der Waals surface area contributed by atoms with Crippen LogP contribution in [0.2, 0.25) is 0 Å². The largest absolute Gasteiger partial charge is 0.337 e. The predicted molar refractivity (Wildman–Crippen MR) is 63.0 cm³/mol. The number of Topliss-reactive ketones (excluding diaryl/α,β-unsaturated/α-hetero) is 1. The Morgan fingerprint density at radius 1 is 1.17 bits per heavy atom. The number of nitrogens with zero attached hydrogens (tertiary/aromatic N) is 7. The third kappa shape index (κ3) is 5.50. The first kappa shape index (κ1) is 15.4. The second-order valence-electron chi connectivity index (χ2n) is 3.13. The summed E-state index contributed by atoms with van der Waals surface area (Å²) in [6.07, 6.45) is 0. The lowest BCUT2D eigenvalue weighted by Gasteiger charge is -2.20. The van der Waals surface area contributed by atoms with Gasteiger partial charge in [-0.15, -0.1) is 0 Å². The van der Waals surface area contributed by atoms with Crippen molar-refractivity contribution in [2.24, 2.45) is 10.2 Å². The van der Waals surface area contributed by atoms with Crippen molar-refractivity contribution in [2.75, 3.05) is 26.2 Å². The van der Waals surface area contributed by atoms with Crippen LogP contribution in [-0.2, 0) is 9.59 Å². The number of carbonyl (C=O) groups excluding carboxylic acids is 2. The van der Waals surface area contributed by atoms with Crippen molar-refractivity contribution in [2.45, 2.75) is 6.92 Å². The van der Waals surface area contributed by atoms with E-state index in [0.29, 0.717) is 0 Å². The van der Waals surface area contributed by atoms with E-state index < -0.39 is 17.4 Å². The first-order chi connectivity index (χ1) is 8.54. The van der Waals surface area contributed by atoms with Gasteiger partial charge < -0.3 is 4.90 Å². The van der Waals surface area contributed by atoms with Crippen LogP contribution in [0.4, 0.5) is 0 Å². The van der Waals surface area contributed by atoms with E-state index in [1.165, 1.54) is 0 Å². The van der Waals surface area contributed by atoms with Gasteiger partial charge in [0.05, 0.1) is 0 Å². The van der Waals surface area contributed by atoms with Gasteiger partial charge >= 0.3 is 0 Å². The fourth-order valence-corrected chi connectivity index (χ4v) is 1.04. The molecule has 0 atom stereocenters. The number of hydrogen-bond acceptors (Lipinski definition) is 5. The van der Waals surface area contributed by atoms with Gasteiger partial charge in [0.15, 0.2) is 11.5 Å². The Hall–Kier alpha value is -2.57. The minimum Gasteiger partial charge on any atom is -0.337 e. The molecular weight excluding hydrogens is 240 g/mol. The summed E-state index contributed by atoms with van der Waals surface area (Å²) in [5.41, 5.74) is 15.6. The molecule has 0 aliphatic carbocycles. The highest BCUT2D eigenvalue weighted by molar-refractivity contribution is 6.64. The normalized spacial score (nSPS) is 8.72. The summed E-state index contributed by atoms with van der Waals surface area (Å²) in [7, 11) is 0. The fraction of sp³-hybridized carbons (Fsp3) is 0.625. The summed E-state index contributed by atoms with van der Waals surface area (Å²) in [6, 6.07) is 0. The Bertz CT molecular complexity index is 410. The third-order valence-corrected chi connectivity index (χ3v) is 1.92. The summed E-state index contributed by atoms with van der Waals surface area (Å²) in [5.74, 6) is -1.43. The van der Waals surface area contributed by atoms with E-state index in [9.17, 15) is 9.59 Å². The molecule has 0 spiro atoms. The quantitative estimate of drug-likeness (QED) is 0.225. The van der Waals surface area contributed by atoms with Crippen molar-refractivity contribution in [3.63, 3.8) is 0 Å². The van der Waals surface area contributed by atoms with Gasteiger partial charge in [-0.2, -0.15) is 0 Å². The third-order valence-electron chi connectivity index (χ3n) is 1.92. The average Bonchev–Trinajstić information content (AvgIpc) is 2.35. The molecule has 0 saturated carbocycles. The summed E-state index contributed by atoms with van der Waals surface area (Å²) in [6.45, 7) is 1.26. The van der Waals surface area contributed by atoms with E-state index in [-0.39, 0.29) is 26.2 Å². The molecule has 0 saturated heterocycles. The van der Waals surface area contributed by atoms with Crippen LogP contribution in [0.15, 0.2) is 10.2 Å². The molecule has 0 bridgehead atoms. The summed E-state index contributed by atoms with van der Waals surface area (Å²) < 4.78 is 0. The van der Waals surface area contributed by atoms with Gasteiger partial charge in [0.2, 0.25) is 0 Å². The Morgan fingerprint density at radius 3 is 1.94 bits per heavy atom. The van der Waals surface area contributed by atoms with Crippen LogP contribution >= 0.6 is 0 Å². The van der Waals surface area contributed by atoms with E-state index in [2.05, 4.69) is 20.1 Å². The summed E-state index contributed by atoms with van der Waals surface area (Å²) >= 11 is 0. The zero-order valence-corrected chi connectivity index (χ0v) is 9.78. The molecule has 0 unspecified atom stereocenters. The van der Waals surface area contributed by atoms with E-state index in [1.807, 2.05) is 0 Å². The highest BCUT2D eigenvalue weighted by atomic mass is 16.2. The Labute approximate surface area is 102 Å². The number of ketones is 1. The number of amides is 1. The molecule has 0 rings (SSSR count). The standard InChI is InChI=1S/C8H12N8O2/c1-6(17)7(9)8(18)16(4-2-12-14-10)5-3-13-15-11/h9H,2-5H2,1H3. The van der Waals surface area contributed by atoms with Gasteiger partial charge in [-0.05, 0) is 11.1 Å². The maximum atomic E-state index is 11.7. The molecule has 0 aliphatic rings. The van der Waals surface area contributed by atoms with Crippen LogP contribution in [0.5, 0.6) is 0 Å². The molecule has 0 aliphatic heterocycles. The van der Waals surface area contributed by atoms with Crippen LogP contribution in [-0.4, -0.2) is 48.5 Å². The molecule has 10 heteroatoms. The predicted octanol–water partition coefficient (Wildman–Crippen LogP) is 1.04. The second-order valence-corrected chi connectivity index (χ2v) is 3.13.